The SMILES string of the molecule is CCc1c(NS(=O)(=O)c2ccc(OC)s2)cnn1C1CCCC1. The van der Waals surface area contributed by atoms with Gasteiger partial charge in [0.25, 0.3) is 10.0 Å². The largest absolute Gasteiger partial charge is 0.487 e. The third-order valence-corrected chi connectivity index (χ3v) is 7.08. The fraction of sp³-hybridized carbons (Fsp3) is 0.533. The Labute approximate surface area is 140 Å². The van der Waals surface area contributed by atoms with Gasteiger partial charge in [-0.05, 0) is 31.4 Å². The highest BCUT2D eigenvalue weighted by molar-refractivity contribution is 7.94. The van der Waals surface area contributed by atoms with Gasteiger partial charge in [0.15, 0.2) is 5.06 Å². The molecule has 3 rings (SSSR count). The van der Waals surface area contributed by atoms with Gasteiger partial charge in [0.1, 0.15) is 4.21 Å². The predicted molar refractivity (Wildman–Crippen MR) is 90.8 cm³/mol. The van der Waals surface area contributed by atoms with E-state index in [0.29, 0.717) is 16.8 Å². The molecule has 126 valence electrons. The highest BCUT2D eigenvalue weighted by atomic mass is 32.2. The molecular weight excluding hydrogens is 334 g/mol. The maximum Gasteiger partial charge on any atom is 0.271 e. The maximum atomic E-state index is 12.5. The highest BCUT2D eigenvalue weighted by Gasteiger charge is 2.24. The number of sulfonamides is 1. The summed E-state index contributed by atoms with van der Waals surface area (Å²) in [5.74, 6) is 0. The van der Waals surface area contributed by atoms with Crippen LogP contribution in [0.5, 0.6) is 5.06 Å². The van der Waals surface area contributed by atoms with Gasteiger partial charge >= 0.3 is 0 Å². The van der Waals surface area contributed by atoms with E-state index in [9.17, 15) is 8.42 Å². The number of rotatable bonds is 6. The molecule has 0 spiro atoms. The van der Waals surface area contributed by atoms with Crippen molar-refractivity contribution in [2.45, 2.75) is 49.3 Å². The standard InChI is InChI=1S/C15H21N3O3S2/c1-3-13-12(10-16-18(13)11-6-4-5-7-11)17-23(19,20)15-9-8-14(21-2)22-15/h8-11,17H,3-7H2,1-2H3. The maximum absolute atomic E-state index is 12.5. The second-order valence-corrected chi connectivity index (χ2v) is 8.58. The smallest absolute Gasteiger partial charge is 0.271 e. The average molecular weight is 355 g/mol. The number of anilines is 1. The van der Waals surface area contributed by atoms with Gasteiger partial charge in [0.2, 0.25) is 0 Å². The molecule has 1 saturated carbocycles. The van der Waals surface area contributed by atoms with Crippen molar-refractivity contribution in [1.29, 1.82) is 0 Å². The van der Waals surface area contributed by atoms with Crippen LogP contribution in [0.1, 0.15) is 44.3 Å². The van der Waals surface area contributed by atoms with E-state index in [-0.39, 0.29) is 4.21 Å². The van der Waals surface area contributed by atoms with Crippen LogP contribution in [0, 0.1) is 0 Å². The number of hydrogen-bond acceptors (Lipinski definition) is 5. The van der Waals surface area contributed by atoms with Crippen molar-refractivity contribution in [2.24, 2.45) is 0 Å². The summed E-state index contributed by atoms with van der Waals surface area (Å²) in [6.45, 7) is 2.02. The molecule has 8 heteroatoms. The molecule has 2 aromatic heterocycles. The van der Waals surface area contributed by atoms with E-state index in [1.807, 2.05) is 11.6 Å². The van der Waals surface area contributed by atoms with Crippen LogP contribution < -0.4 is 9.46 Å². The molecule has 0 unspecified atom stereocenters. The monoisotopic (exact) mass is 355 g/mol. The zero-order valence-corrected chi connectivity index (χ0v) is 14.9. The van der Waals surface area contributed by atoms with E-state index in [2.05, 4.69) is 9.82 Å². The van der Waals surface area contributed by atoms with Crippen molar-refractivity contribution >= 4 is 27.0 Å². The van der Waals surface area contributed by atoms with Crippen LogP contribution in [0.15, 0.2) is 22.5 Å². The van der Waals surface area contributed by atoms with E-state index in [4.69, 9.17) is 4.74 Å². The van der Waals surface area contributed by atoms with Crippen molar-refractivity contribution in [3.05, 3.63) is 24.0 Å². The van der Waals surface area contributed by atoms with Gasteiger partial charge in [0.05, 0.1) is 30.7 Å². The molecule has 0 radical (unpaired) electrons. The van der Waals surface area contributed by atoms with Crippen LogP contribution in [-0.2, 0) is 16.4 Å². The molecule has 1 aliphatic carbocycles. The van der Waals surface area contributed by atoms with Crippen molar-refractivity contribution < 1.29 is 13.2 Å². The lowest BCUT2D eigenvalue weighted by Crippen LogP contribution is -2.14. The summed E-state index contributed by atoms with van der Waals surface area (Å²) in [5, 5.41) is 5.01. The Balaban J connectivity index is 1.87. The third-order valence-electron chi connectivity index (χ3n) is 4.17. The Bertz CT molecular complexity index is 774. The number of nitrogens with one attached hydrogen (secondary N) is 1. The Kier molecular flexibility index (Phi) is 4.63. The summed E-state index contributed by atoms with van der Waals surface area (Å²) in [5.41, 5.74) is 1.52. The Morgan fingerprint density at radius 2 is 2.13 bits per heavy atom. The van der Waals surface area contributed by atoms with Gasteiger partial charge < -0.3 is 4.74 Å². The van der Waals surface area contributed by atoms with Crippen LogP contribution in [0.4, 0.5) is 5.69 Å². The minimum Gasteiger partial charge on any atom is -0.487 e. The van der Waals surface area contributed by atoms with Gasteiger partial charge in [-0.2, -0.15) is 5.10 Å². The normalized spacial score (nSPS) is 15.9. The molecule has 0 saturated heterocycles. The first-order valence-electron chi connectivity index (χ1n) is 7.78. The number of ether oxygens (including phenoxy) is 1. The molecule has 1 aliphatic rings. The van der Waals surface area contributed by atoms with Crippen molar-refractivity contribution in [1.82, 2.24) is 9.78 Å². The highest BCUT2D eigenvalue weighted by Crippen LogP contribution is 2.34. The fourth-order valence-corrected chi connectivity index (χ4v) is 5.21. The first-order chi connectivity index (χ1) is 11.0. The van der Waals surface area contributed by atoms with Crippen LogP contribution >= 0.6 is 11.3 Å². The van der Waals surface area contributed by atoms with Gasteiger partial charge in [-0.3, -0.25) is 9.40 Å². The minimum atomic E-state index is -3.61. The lowest BCUT2D eigenvalue weighted by molar-refractivity contribution is 0.427. The topological polar surface area (TPSA) is 73.2 Å². The van der Waals surface area contributed by atoms with Crippen molar-refractivity contribution in [2.75, 3.05) is 11.8 Å². The van der Waals surface area contributed by atoms with E-state index in [1.165, 1.54) is 20.0 Å². The fourth-order valence-electron chi connectivity index (χ4n) is 3.04. The number of thiophene rings is 1. The third kappa shape index (κ3) is 3.23. The zero-order chi connectivity index (χ0) is 16.4. The van der Waals surface area contributed by atoms with Crippen LogP contribution in [0.25, 0.3) is 0 Å². The molecule has 0 aliphatic heterocycles. The number of aromatic nitrogens is 2. The molecule has 2 heterocycles. The number of nitrogens with zero attached hydrogens (tertiary/aromatic N) is 2. The second-order valence-electron chi connectivity index (χ2n) is 5.62. The summed E-state index contributed by atoms with van der Waals surface area (Å²) in [7, 11) is -2.09. The van der Waals surface area contributed by atoms with Crippen molar-refractivity contribution in [3.8, 4) is 5.06 Å². The Hall–Kier alpha value is -1.54. The van der Waals surface area contributed by atoms with Crippen molar-refractivity contribution in [3.63, 3.8) is 0 Å². The Morgan fingerprint density at radius 3 is 2.74 bits per heavy atom. The second kappa shape index (κ2) is 6.52. The molecule has 1 fully saturated rings. The number of methoxy groups -OCH3 is 1. The lowest BCUT2D eigenvalue weighted by atomic mass is 10.2. The van der Waals surface area contributed by atoms with Crippen LogP contribution in [-0.4, -0.2) is 25.3 Å². The quantitative estimate of drug-likeness (QED) is 0.861. The average Bonchev–Trinajstić information content (AvgIpc) is 3.26. The molecule has 0 bridgehead atoms. The van der Waals surface area contributed by atoms with Gasteiger partial charge in [0, 0.05) is 0 Å². The molecule has 0 atom stereocenters. The first-order valence-corrected chi connectivity index (χ1v) is 10.1. The molecule has 23 heavy (non-hydrogen) atoms. The van der Waals surface area contributed by atoms with Gasteiger partial charge in [-0.1, -0.05) is 31.1 Å². The molecule has 2 aromatic rings. The number of hydrogen-bond donors (Lipinski definition) is 1. The van der Waals surface area contributed by atoms with Gasteiger partial charge in [-0.25, -0.2) is 8.42 Å². The predicted octanol–water partition coefficient (Wildman–Crippen LogP) is 3.43. The van der Waals surface area contributed by atoms with Crippen LogP contribution in [0.3, 0.4) is 0 Å². The zero-order valence-electron chi connectivity index (χ0n) is 13.3. The summed E-state index contributed by atoms with van der Waals surface area (Å²) < 4.78 is 35.1. The summed E-state index contributed by atoms with van der Waals surface area (Å²) in [6, 6.07) is 3.60. The van der Waals surface area contributed by atoms with Crippen LogP contribution in [0.2, 0.25) is 0 Å². The lowest BCUT2D eigenvalue weighted by Gasteiger charge is -2.14. The van der Waals surface area contributed by atoms with E-state index >= 15 is 0 Å². The summed E-state index contributed by atoms with van der Waals surface area (Å²) >= 11 is 1.10. The minimum absolute atomic E-state index is 0.241. The summed E-state index contributed by atoms with van der Waals surface area (Å²) in [4.78, 5) is 0. The first kappa shape index (κ1) is 16.3. The van der Waals surface area contributed by atoms with E-state index in [1.54, 1.807) is 18.3 Å². The van der Waals surface area contributed by atoms with Gasteiger partial charge in [-0.15, -0.1) is 0 Å². The molecule has 0 amide bonds. The molecule has 6 nitrogen and oxygen atoms in total. The molecule has 1 N–H and O–H groups in total. The molecule has 0 aromatic carbocycles. The summed E-state index contributed by atoms with van der Waals surface area (Å²) in [6.07, 6.45) is 7.01. The van der Waals surface area contributed by atoms with E-state index in [0.717, 1.165) is 36.3 Å². The molecular formula is C15H21N3O3S2. The Morgan fingerprint density at radius 1 is 1.39 bits per heavy atom. The van der Waals surface area contributed by atoms with E-state index < -0.39 is 10.0 Å².